The summed E-state index contributed by atoms with van der Waals surface area (Å²) < 4.78 is 0. The molecular weight excluding hydrogens is 256 g/mol. The number of hydrogen-bond donors (Lipinski definition) is 1. The third-order valence-electron chi connectivity index (χ3n) is 4.93. The van der Waals surface area contributed by atoms with Gasteiger partial charge in [-0.05, 0) is 49.8 Å². The Bertz CT molecular complexity index is 413. The Hall–Kier alpha value is -0.860. The predicted octanol–water partition coefficient (Wildman–Crippen LogP) is 3.92. The van der Waals surface area contributed by atoms with Crippen molar-refractivity contribution in [3.8, 4) is 0 Å². The van der Waals surface area contributed by atoms with Gasteiger partial charge in [0, 0.05) is 19.1 Å². The zero-order valence-electron chi connectivity index (χ0n) is 14.2. The first-order chi connectivity index (χ1) is 10.0. The maximum absolute atomic E-state index is 3.81. The van der Waals surface area contributed by atoms with Crippen molar-refractivity contribution in [3.05, 3.63) is 35.9 Å². The van der Waals surface area contributed by atoms with Gasteiger partial charge in [0.2, 0.25) is 0 Å². The molecule has 0 radical (unpaired) electrons. The van der Waals surface area contributed by atoms with Crippen LogP contribution in [0.3, 0.4) is 0 Å². The smallest absolute Gasteiger partial charge is 0.0230 e. The number of nitrogens with zero attached hydrogens (tertiary/aromatic N) is 1. The largest absolute Gasteiger partial charge is 0.313 e. The summed E-state index contributed by atoms with van der Waals surface area (Å²) in [5.41, 5.74) is 1.85. The van der Waals surface area contributed by atoms with Crippen molar-refractivity contribution in [1.29, 1.82) is 0 Å². The van der Waals surface area contributed by atoms with Crippen LogP contribution >= 0.6 is 0 Å². The zero-order valence-corrected chi connectivity index (χ0v) is 14.2. The van der Waals surface area contributed by atoms with Crippen molar-refractivity contribution < 1.29 is 0 Å². The van der Waals surface area contributed by atoms with Gasteiger partial charge < -0.3 is 10.2 Å². The number of rotatable bonds is 7. The minimum Gasteiger partial charge on any atom is -0.313 e. The fraction of sp³-hybridized carbons (Fsp3) is 0.684. The Morgan fingerprint density at radius 3 is 2.62 bits per heavy atom. The number of benzene rings is 1. The van der Waals surface area contributed by atoms with Crippen LogP contribution in [-0.2, 0) is 6.54 Å². The fourth-order valence-electron chi connectivity index (χ4n) is 3.82. The minimum atomic E-state index is 0.438. The molecule has 1 aromatic carbocycles. The molecule has 1 N–H and O–H groups in total. The van der Waals surface area contributed by atoms with E-state index in [1.165, 1.54) is 31.4 Å². The highest BCUT2D eigenvalue weighted by molar-refractivity contribution is 5.14. The molecule has 21 heavy (non-hydrogen) atoms. The maximum atomic E-state index is 3.81. The van der Waals surface area contributed by atoms with Crippen LogP contribution in [0.1, 0.15) is 45.6 Å². The topological polar surface area (TPSA) is 15.3 Å². The molecule has 2 atom stereocenters. The monoisotopic (exact) mass is 288 g/mol. The van der Waals surface area contributed by atoms with Crippen molar-refractivity contribution in [3.63, 3.8) is 0 Å². The van der Waals surface area contributed by atoms with E-state index in [0.717, 1.165) is 19.0 Å². The highest BCUT2D eigenvalue weighted by Crippen LogP contribution is 2.41. The first-order valence-electron chi connectivity index (χ1n) is 8.49. The average molecular weight is 288 g/mol. The average Bonchev–Trinajstić information content (AvgIpc) is 2.72. The molecule has 0 heterocycles. The van der Waals surface area contributed by atoms with Crippen LogP contribution < -0.4 is 5.32 Å². The number of nitrogens with one attached hydrogen (secondary N) is 1. The van der Waals surface area contributed by atoms with Gasteiger partial charge in [0.05, 0.1) is 0 Å². The van der Waals surface area contributed by atoms with Crippen LogP contribution in [0.15, 0.2) is 30.3 Å². The Morgan fingerprint density at radius 1 is 1.24 bits per heavy atom. The van der Waals surface area contributed by atoms with Gasteiger partial charge in [-0.2, -0.15) is 0 Å². The Kier molecular flexibility index (Phi) is 5.83. The quantitative estimate of drug-likeness (QED) is 0.818. The van der Waals surface area contributed by atoms with E-state index >= 15 is 0 Å². The molecule has 0 amide bonds. The summed E-state index contributed by atoms with van der Waals surface area (Å²) in [5.74, 6) is 0.778. The lowest BCUT2D eigenvalue weighted by atomic mass is 9.84. The van der Waals surface area contributed by atoms with Gasteiger partial charge in [0.1, 0.15) is 0 Å². The highest BCUT2D eigenvalue weighted by atomic mass is 15.1. The van der Waals surface area contributed by atoms with E-state index in [1.807, 2.05) is 0 Å². The summed E-state index contributed by atoms with van der Waals surface area (Å²) in [6, 6.07) is 11.5. The summed E-state index contributed by atoms with van der Waals surface area (Å²) in [5, 5.41) is 3.81. The van der Waals surface area contributed by atoms with E-state index in [2.05, 4.69) is 68.4 Å². The molecule has 1 aliphatic rings. The van der Waals surface area contributed by atoms with Crippen LogP contribution in [-0.4, -0.2) is 31.1 Å². The fourth-order valence-corrected chi connectivity index (χ4v) is 3.82. The molecule has 118 valence electrons. The maximum Gasteiger partial charge on any atom is 0.0230 e. The van der Waals surface area contributed by atoms with Crippen LogP contribution in [0.2, 0.25) is 0 Å². The molecule has 0 bridgehead atoms. The SMILES string of the molecule is CCCNC1C(CN(C)Cc2ccccc2)CCC1(C)C. The van der Waals surface area contributed by atoms with Gasteiger partial charge in [0.25, 0.3) is 0 Å². The molecule has 2 rings (SSSR count). The molecule has 1 fully saturated rings. The van der Waals surface area contributed by atoms with Crippen LogP contribution in [0, 0.1) is 11.3 Å². The standard InChI is InChI=1S/C19H32N2/c1-5-13-20-18-17(11-12-19(18,2)3)15-21(4)14-16-9-7-6-8-10-16/h6-10,17-18,20H,5,11-15H2,1-4H3. The molecule has 1 saturated carbocycles. The van der Waals surface area contributed by atoms with Crippen LogP contribution in [0.25, 0.3) is 0 Å². The molecule has 2 unspecified atom stereocenters. The summed E-state index contributed by atoms with van der Waals surface area (Å²) >= 11 is 0. The number of hydrogen-bond acceptors (Lipinski definition) is 2. The van der Waals surface area contributed by atoms with Gasteiger partial charge in [-0.15, -0.1) is 0 Å². The Balaban J connectivity index is 1.91. The molecule has 0 spiro atoms. The second-order valence-corrected chi connectivity index (χ2v) is 7.40. The molecule has 0 saturated heterocycles. The third-order valence-corrected chi connectivity index (χ3v) is 4.93. The van der Waals surface area contributed by atoms with Gasteiger partial charge in [-0.3, -0.25) is 0 Å². The summed E-state index contributed by atoms with van der Waals surface area (Å²) in [6.07, 6.45) is 3.92. The van der Waals surface area contributed by atoms with Gasteiger partial charge in [-0.25, -0.2) is 0 Å². The van der Waals surface area contributed by atoms with Crippen molar-refractivity contribution in [2.45, 2.75) is 52.6 Å². The lowest BCUT2D eigenvalue weighted by molar-refractivity contribution is 0.200. The van der Waals surface area contributed by atoms with Crippen LogP contribution in [0.4, 0.5) is 0 Å². The molecule has 1 aromatic rings. The molecule has 1 aliphatic carbocycles. The Morgan fingerprint density at radius 2 is 1.95 bits per heavy atom. The van der Waals surface area contributed by atoms with Gasteiger partial charge in [0.15, 0.2) is 0 Å². The molecule has 2 nitrogen and oxygen atoms in total. The Labute approximate surface area is 130 Å². The zero-order chi connectivity index (χ0) is 15.3. The van der Waals surface area contributed by atoms with E-state index in [4.69, 9.17) is 0 Å². The van der Waals surface area contributed by atoms with E-state index in [-0.39, 0.29) is 0 Å². The van der Waals surface area contributed by atoms with E-state index in [9.17, 15) is 0 Å². The normalized spacial score (nSPS) is 24.6. The van der Waals surface area contributed by atoms with Gasteiger partial charge in [-0.1, -0.05) is 51.1 Å². The molecule has 0 aliphatic heterocycles. The third kappa shape index (κ3) is 4.55. The van der Waals surface area contributed by atoms with E-state index in [0.29, 0.717) is 11.5 Å². The van der Waals surface area contributed by atoms with E-state index in [1.54, 1.807) is 0 Å². The second kappa shape index (κ2) is 7.42. The van der Waals surface area contributed by atoms with Crippen molar-refractivity contribution >= 4 is 0 Å². The molecular formula is C19H32N2. The highest BCUT2D eigenvalue weighted by Gasteiger charge is 2.41. The summed E-state index contributed by atoms with van der Waals surface area (Å²) in [4.78, 5) is 2.49. The van der Waals surface area contributed by atoms with Crippen molar-refractivity contribution in [1.82, 2.24) is 10.2 Å². The lowest BCUT2D eigenvalue weighted by Gasteiger charge is -2.33. The molecule has 0 aromatic heterocycles. The van der Waals surface area contributed by atoms with E-state index < -0.39 is 0 Å². The first kappa shape index (κ1) is 16.5. The minimum absolute atomic E-state index is 0.438. The lowest BCUT2D eigenvalue weighted by Crippen LogP contribution is -2.45. The predicted molar refractivity (Wildman–Crippen MR) is 91.4 cm³/mol. The first-order valence-corrected chi connectivity index (χ1v) is 8.49. The van der Waals surface area contributed by atoms with Crippen molar-refractivity contribution in [2.75, 3.05) is 20.1 Å². The molecule has 2 heteroatoms. The van der Waals surface area contributed by atoms with Crippen molar-refractivity contribution in [2.24, 2.45) is 11.3 Å². The second-order valence-electron chi connectivity index (χ2n) is 7.40. The summed E-state index contributed by atoms with van der Waals surface area (Å²) in [6.45, 7) is 10.5. The summed E-state index contributed by atoms with van der Waals surface area (Å²) in [7, 11) is 2.26. The van der Waals surface area contributed by atoms with Gasteiger partial charge >= 0.3 is 0 Å². The van der Waals surface area contributed by atoms with Crippen LogP contribution in [0.5, 0.6) is 0 Å².